The number of sulfonamides is 1. The molecule has 0 aromatic carbocycles. The van der Waals surface area contributed by atoms with Gasteiger partial charge in [-0.25, -0.2) is 16.8 Å². The molecule has 0 amide bonds. The zero-order valence-electron chi connectivity index (χ0n) is 11.4. The molecule has 114 valence electrons. The highest BCUT2D eigenvalue weighted by Gasteiger charge is 2.37. The molecule has 1 aliphatic rings. The third-order valence-corrected chi connectivity index (χ3v) is 8.46. The summed E-state index contributed by atoms with van der Waals surface area (Å²) < 4.78 is 49.7. The molecule has 1 fully saturated rings. The smallest absolute Gasteiger partial charge is 0.244 e. The van der Waals surface area contributed by atoms with E-state index < -0.39 is 25.9 Å². The van der Waals surface area contributed by atoms with Crippen molar-refractivity contribution in [1.82, 2.24) is 4.31 Å². The van der Waals surface area contributed by atoms with Gasteiger partial charge >= 0.3 is 0 Å². The minimum absolute atomic E-state index is 0.0130. The van der Waals surface area contributed by atoms with Gasteiger partial charge in [-0.15, -0.1) is 11.3 Å². The van der Waals surface area contributed by atoms with E-state index in [-0.39, 0.29) is 22.9 Å². The van der Waals surface area contributed by atoms with E-state index in [1.807, 2.05) is 0 Å². The summed E-state index contributed by atoms with van der Waals surface area (Å²) in [7, 11) is -6.80. The van der Waals surface area contributed by atoms with Crippen LogP contribution in [0, 0.1) is 6.92 Å². The van der Waals surface area contributed by atoms with E-state index in [0.29, 0.717) is 11.4 Å². The standard InChI is InChI=1S/C11H18N2O4S3/c1-8-7-19(14,15)4-3-13(8)20(16,17)11-5-10(6-12)18-9(11)2/h5,8H,3-4,6-7,12H2,1-2H3. The number of aryl methyl sites for hydroxylation is 1. The summed E-state index contributed by atoms with van der Waals surface area (Å²) in [6, 6.07) is 1.05. The maximum Gasteiger partial charge on any atom is 0.244 e. The fourth-order valence-electron chi connectivity index (χ4n) is 2.35. The Morgan fingerprint density at radius 1 is 1.50 bits per heavy atom. The third-order valence-electron chi connectivity index (χ3n) is 3.32. The third kappa shape index (κ3) is 2.91. The molecule has 1 aromatic heterocycles. The average Bonchev–Trinajstić information content (AvgIpc) is 2.69. The highest BCUT2D eigenvalue weighted by Crippen LogP contribution is 2.30. The molecular formula is C11H18N2O4S3. The summed E-state index contributed by atoms with van der Waals surface area (Å²) in [5.74, 6) is -0.247. The Balaban J connectivity index is 2.38. The van der Waals surface area contributed by atoms with Crippen molar-refractivity contribution in [3.8, 4) is 0 Å². The lowest BCUT2D eigenvalue weighted by molar-refractivity contribution is 0.357. The van der Waals surface area contributed by atoms with E-state index in [4.69, 9.17) is 5.73 Å². The van der Waals surface area contributed by atoms with Gasteiger partial charge in [-0.2, -0.15) is 4.31 Å². The molecule has 0 spiro atoms. The van der Waals surface area contributed by atoms with E-state index in [9.17, 15) is 16.8 Å². The Morgan fingerprint density at radius 2 is 2.15 bits per heavy atom. The summed E-state index contributed by atoms with van der Waals surface area (Å²) in [4.78, 5) is 1.73. The molecule has 2 heterocycles. The van der Waals surface area contributed by atoms with Gasteiger partial charge < -0.3 is 5.73 Å². The van der Waals surface area contributed by atoms with Crippen molar-refractivity contribution in [3.63, 3.8) is 0 Å². The van der Waals surface area contributed by atoms with Crippen molar-refractivity contribution < 1.29 is 16.8 Å². The molecule has 1 atom stereocenters. The molecular weight excluding hydrogens is 320 g/mol. The number of nitrogens with zero attached hydrogens (tertiary/aromatic N) is 1. The van der Waals surface area contributed by atoms with E-state index >= 15 is 0 Å². The Bertz CT molecular complexity index is 706. The number of hydrogen-bond donors (Lipinski definition) is 1. The molecule has 9 heteroatoms. The molecule has 6 nitrogen and oxygen atoms in total. The Kier molecular flexibility index (Phi) is 4.27. The second-order valence-electron chi connectivity index (χ2n) is 4.92. The molecule has 0 saturated carbocycles. The second-order valence-corrected chi connectivity index (χ2v) is 10.3. The van der Waals surface area contributed by atoms with Gasteiger partial charge in [-0.1, -0.05) is 0 Å². The fourth-order valence-corrected chi connectivity index (χ4v) is 7.23. The lowest BCUT2D eigenvalue weighted by Crippen LogP contribution is -2.49. The van der Waals surface area contributed by atoms with E-state index in [1.165, 1.54) is 15.6 Å². The van der Waals surface area contributed by atoms with Crippen molar-refractivity contribution in [2.75, 3.05) is 18.1 Å². The van der Waals surface area contributed by atoms with Crippen LogP contribution in [-0.4, -0.2) is 45.2 Å². The van der Waals surface area contributed by atoms with E-state index in [2.05, 4.69) is 0 Å². The minimum Gasteiger partial charge on any atom is -0.326 e. The van der Waals surface area contributed by atoms with Crippen LogP contribution in [0.3, 0.4) is 0 Å². The summed E-state index contributed by atoms with van der Waals surface area (Å²) in [5, 5.41) is 0. The van der Waals surface area contributed by atoms with E-state index in [0.717, 1.165) is 4.88 Å². The van der Waals surface area contributed by atoms with Crippen LogP contribution in [0.1, 0.15) is 16.7 Å². The highest BCUT2D eigenvalue weighted by atomic mass is 32.2. The Morgan fingerprint density at radius 3 is 2.65 bits per heavy atom. The van der Waals surface area contributed by atoms with Crippen molar-refractivity contribution in [2.45, 2.75) is 31.3 Å². The first kappa shape index (κ1) is 15.9. The first-order valence-electron chi connectivity index (χ1n) is 6.19. The molecule has 2 N–H and O–H groups in total. The monoisotopic (exact) mass is 338 g/mol. The zero-order chi connectivity index (χ0) is 15.1. The van der Waals surface area contributed by atoms with Gasteiger partial charge in [-0.3, -0.25) is 0 Å². The quantitative estimate of drug-likeness (QED) is 0.856. The van der Waals surface area contributed by atoms with Crippen LogP contribution in [-0.2, 0) is 26.4 Å². The molecule has 1 aromatic rings. The number of hydrogen-bond acceptors (Lipinski definition) is 6. The van der Waals surface area contributed by atoms with Crippen LogP contribution in [0.2, 0.25) is 0 Å². The summed E-state index contributed by atoms with van der Waals surface area (Å²) in [6.07, 6.45) is 0. The van der Waals surface area contributed by atoms with Gasteiger partial charge in [-0.05, 0) is 19.9 Å². The first-order valence-corrected chi connectivity index (χ1v) is 10.3. The molecule has 0 bridgehead atoms. The van der Waals surface area contributed by atoms with Crippen molar-refractivity contribution in [2.24, 2.45) is 5.73 Å². The largest absolute Gasteiger partial charge is 0.326 e. The maximum atomic E-state index is 12.7. The van der Waals surface area contributed by atoms with Gasteiger partial charge in [0.2, 0.25) is 10.0 Å². The van der Waals surface area contributed by atoms with Crippen molar-refractivity contribution >= 4 is 31.2 Å². The van der Waals surface area contributed by atoms with Crippen LogP contribution < -0.4 is 5.73 Å². The lowest BCUT2D eigenvalue weighted by atomic mass is 10.4. The van der Waals surface area contributed by atoms with Crippen LogP contribution in [0.4, 0.5) is 0 Å². The molecule has 2 rings (SSSR count). The van der Waals surface area contributed by atoms with Gasteiger partial charge in [0.05, 0.1) is 16.4 Å². The fraction of sp³-hybridized carbons (Fsp3) is 0.636. The topological polar surface area (TPSA) is 97.5 Å². The van der Waals surface area contributed by atoms with Crippen molar-refractivity contribution in [3.05, 3.63) is 15.8 Å². The first-order chi connectivity index (χ1) is 9.17. The molecule has 0 aliphatic carbocycles. The van der Waals surface area contributed by atoms with Gasteiger partial charge in [0, 0.05) is 28.9 Å². The predicted molar refractivity (Wildman–Crippen MR) is 79.0 cm³/mol. The van der Waals surface area contributed by atoms with Crippen LogP contribution >= 0.6 is 11.3 Å². The molecule has 0 radical (unpaired) electrons. The summed E-state index contributed by atoms with van der Waals surface area (Å²) in [5.41, 5.74) is 5.54. The Labute approximate surface area is 123 Å². The number of rotatable bonds is 3. The number of nitrogens with two attached hydrogens (primary N) is 1. The van der Waals surface area contributed by atoms with E-state index in [1.54, 1.807) is 19.9 Å². The SMILES string of the molecule is Cc1sc(CN)cc1S(=O)(=O)N1CCS(=O)(=O)CC1C. The van der Waals surface area contributed by atoms with Crippen LogP contribution in [0.15, 0.2) is 11.0 Å². The van der Waals surface area contributed by atoms with Gasteiger partial charge in [0.25, 0.3) is 0 Å². The molecule has 20 heavy (non-hydrogen) atoms. The number of thiophene rings is 1. The summed E-state index contributed by atoms with van der Waals surface area (Å²) in [6.45, 7) is 3.67. The van der Waals surface area contributed by atoms with Crippen LogP contribution in [0.25, 0.3) is 0 Å². The second kappa shape index (κ2) is 5.38. The van der Waals surface area contributed by atoms with Gasteiger partial charge in [0.1, 0.15) is 0 Å². The minimum atomic E-state index is -3.66. The predicted octanol–water partition coefficient (Wildman–Crippen LogP) is 0.323. The molecule has 1 aliphatic heterocycles. The van der Waals surface area contributed by atoms with Gasteiger partial charge in [0.15, 0.2) is 9.84 Å². The lowest BCUT2D eigenvalue weighted by Gasteiger charge is -2.32. The normalized spacial score (nSPS) is 23.9. The molecule has 1 unspecified atom stereocenters. The highest BCUT2D eigenvalue weighted by molar-refractivity contribution is 7.92. The maximum absolute atomic E-state index is 12.7. The molecule has 1 saturated heterocycles. The zero-order valence-corrected chi connectivity index (χ0v) is 13.8. The summed E-state index contributed by atoms with van der Waals surface area (Å²) >= 11 is 1.36. The average molecular weight is 338 g/mol. The van der Waals surface area contributed by atoms with Crippen LogP contribution in [0.5, 0.6) is 0 Å². The Hall–Kier alpha value is -0.480. The van der Waals surface area contributed by atoms with Crippen molar-refractivity contribution in [1.29, 1.82) is 0 Å². The number of sulfone groups is 1.